The number of alkyl halides is 3. The van der Waals surface area contributed by atoms with Crippen LogP contribution in [0.3, 0.4) is 0 Å². The van der Waals surface area contributed by atoms with Crippen LogP contribution in [0.1, 0.15) is 58.8 Å². The van der Waals surface area contributed by atoms with Crippen LogP contribution in [-0.4, -0.2) is 17.0 Å². The smallest absolute Gasteiger partial charge is 0.416 e. The predicted molar refractivity (Wildman–Crippen MR) is 131 cm³/mol. The third-order valence-corrected chi connectivity index (χ3v) is 6.16. The van der Waals surface area contributed by atoms with Gasteiger partial charge in [0.05, 0.1) is 16.8 Å². The maximum Gasteiger partial charge on any atom is 0.416 e. The molecule has 0 fully saturated rings. The Morgan fingerprint density at radius 2 is 1.71 bits per heavy atom. The number of nitrogens with one attached hydrogen (secondary N) is 1. The molecule has 0 unspecified atom stereocenters. The standard InChI is InChI=1S/C28H22F5NO4/c1-15(35)34-25-9-6-16(11-23(25)27(36)37)20-3-2-4-21(20)22-12-18(28(31,32)33)7-10-26(22)38-14-17-5-8-19(29)13-24(17)30/h5-13H,2-4,14H2,1H3,(H,34,35)(H,36,37). The fourth-order valence-corrected chi connectivity index (χ4v) is 4.43. The molecule has 1 amide bonds. The largest absolute Gasteiger partial charge is 0.488 e. The summed E-state index contributed by atoms with van der Waals surface area (Å²) in [7, 11) is 0. The van der Waals surface area contributed by atoms with E-state index < -0.39 is 35.3 Å². The summed E-state index contributed by atoms with van der Waals surface area (Å²) in [6, 6.07) is 10.3. The number of rotatable bonds is 7. The Labute approximate surface area is 214 Å². The van der Waals surface area contributed by atoms with Crippen molar-refractivity contribution in [2.45, 2.75) is 39.0 Å². The SMILES string of the molecule is CC(=O)Nc1ccc(C2=C(c3cc(C(F)(F)F)ccc3OCc3ccc(F)cc3F)CCC2)cc1C(=O)O. The number of aromatic carboxylic acids is 1. The number of hydrogen-bond donors (Lipinski definition) is 2. The number of amides is 1. The summed E-state index contributed by atoms with van der Waals surface area (Å²) in [5.74, 6) is -3.28. The summed E-state index contributed by atoms with van der Waals surface area (Å²) in [6.07, 6.45) is -3.17. The van der Waals surface area contributed by atoms with Crippen molar-refractivity contribution in [1.82, 2.24) is 0 Å². The molecule has 3 aromatic rings. The lowest BCUT2D eigenvalue weighted by atomic mass is 9.93. The van der Waals surface area contributed by atoms with Crippen molar-refractivity contribution in [2.75, 3.05) is 5.32 Å². The summed E-state index contributed by atoms with van der Waals surface area (Å²) < 4.78 is 73.9. The van der Waals surface area contributed by atoms with Gasteiger partial charge in [-0.3, -0.25) is 4.79 Å². The lowest BCUT2D eigenvalue weighted by Crippen LogP contribution is -2.11. The van der Waals surface area contributed by atoms with E-state index in [9.17, 15) is 36.6 Å². The van der Waals surface area contributed by atoms with Crippen molar-refractivity contribution in [2.24, 2.45) is 0 Å². The van der Waals surface area contributed by atoms with Crippen molar-refractivity contribution in [1.29, 1.82) is 0 Å². The van der Waals surface area contributed by atoms with Gasteiger partial charge in [-0.25, -0.2) is 13.6 Å². The minimum Gasteiger partial charge on any atom is -0.488 e. The number of benzene rings is 3. The van der Waals surface area contributed by atoms with Crippen LogP contribution in [0.15, 0.2) is 54.6 Å². The van der Waals surface area contributed by atoms with Gasteiger partial charge in [-0.15, -0.1) is 0 Å². The van der Waals surface area contributed by atoms with Gasteiger partial charge in [0.2, 0.25) is 5.91 Å². The Morgan fingerprint density at radius 3 is 2.37 bits per heavy atom. The van der Waals surface area contributed by atoms with Crippen LogP contribution in [0.25, 0.3) is 11.1 Å². The van der Waals surface area contributed by atoms with E-state index in [4.69, 9.17) is 4.74 Å². The van der Waals surface area contributed by atoms with Crippen LogP contribution in [-0.2, 0) is 17.6 Å². The number of hydrogen-bond acceptors (Lipinski definition) is 3. The Morgan fingerprint density at radius 1 is 0.974 bits per heavy atom. The van der Waals surface area contributed by atoms with E-state index in [1.807, 2.05) is 0 Å². The number of carboxylic acids is 1. The molecule has 1 aliphatic carbocycles. The lowest BCUT2D eigenvalue weighted by Gasteiger charge is -2.18. The molecule has 0 heterocycles. The predicted octanol–water partition coefficient (Wildman–Crippen LogP) is 7.31. The molecule has 10 heteroatoms. The van der Waals surface area contributed by atoms with Crippen molar-refractivity contribution in [3.05, 3.63) is 94.0 Å². The molecule has 0 aliphatic heterocycles. The quantitative estimate of drug-likeness (QED) is 0.314. The van der Waals surface area contributed by atoms with E-state index in [1.165, 1.54) is 25.1 Å². The third kappa shape index (κ3) is 5.85. The molecule has 0 saturated heterocycles. The first-order chi connectivity index (χ1) is 17.9. The minimum absolute atomic E-state index is 0.0255. The number of ether oxygens (including phenoxy) is 1. The highest BCUT2D eigenvalue weighted by molar-refractivity contribution is 6.02. The molecule has 0 atom stereocenters. The Kier molecular flexibility index (Phi) is 7.52. The topological polar surface area (TPSA) is 75.6 Å². The van der Waals surface area contributed by atoms with Crippen LogP contribution in [0, 0.1) is 11.6 Å². The number of anilines is 1. The Bertz CT molecular complexity index is 1450. The molecule has 1 aliphatic rings. The second kappa shape index (κ2) is 10.6. The van der Waals surface area contributed by atoms with Crippen LogP contribution in [0.2, 0.25) is 0 Å². The number of carbonyl (C=O) groups excluding carboxylic acids is 1. The van der Waals surface area contributed by atoms with Crippen molar-refractivity contribution in [3.63, 3.8) is 0 Å². The van der Waals surface area contributed by atoms with Gasteiger partial charge in [-0.2, -0.15) is 13.2 Å². The minimum atomic E-state index is -4.63. The Balaban J connectivity index is 1.80. The van der Waals surface area contributed by atoms with E-state index in [0.29, 0.717) is 42.0 Å². The molecule has 4 rings (SSSR count). The lowest BCUT2D eigenvalue weighted by molar-refractivity contribution is -0.137. The highest BCUT2D eigenvalue weighted by Crippen LogP contribution is 2.45. The summed E-state index contributed by atoms with van der Waals surface area (Å²) in [5.41, 5.74) is 0.862. The second-order valence-electron chi connectivity index (χ2n) is 8.79. The van der Waals surface area contributed by atoms with Crippen molar-refractivity contribution >= 4 is 28.7 Å². The monoisotopic (exact) mass is 531 g/mol. The fourth-order valence-electron chi connectivity index (χ4n) is 4.43. The van der Waals surface area contributed by atoms with Crippen molar-refractivity contribution < 1.29 is 41.4 Å². The fraction of sp³-hybridized carbons (Fsp3) is 0.214. The summed E-state index contributed by atoms with van der Waals surface area (Å²) >= 11 is 0. The van der Waals surface area contributed by atoms with Crippen LogP contribution in [0.5, 0.6) is 5.75 Å². The van der Waals surface area contributed by atoms with E-state index >= 15 is 0 Å². The first-order valence-electron chi connectivity index (χ1n) is 11.6. The number of allylic oxidation sites excluding steroid dienone is 2. The normalized spacial score (nSPS) is 13.5. The molecular weight excluding hydrogens is 509 g/mol. The van der Waals surface area contributed by atoms with Crippen LogP contribution in [0.4, 0.5) is 27.6 Å². The molecule has 198 valence electrons. The molecule has 5 nitrogen and oxygen atoms in total. The number of halogens is 5. The van der Waals surface area contributed by atoms with Gasteiger partial charge in [-0.05, 0) is 78.4 Å². The Hall–Kier alpha value is -4.21. The molecule has 38 heavy (non-hydrogen) atoms. The first-order valence-corrected chi connectivity index (χ1v) is 11.6. The molecular formula is C28H22F5NO4. The van der Waals surface area contributed by atoms with E-state index in [1.54, 1.807) is 6.07 Å². The molecule has 3 aromatic carbocycles. The van der Waals surface area contributed by atoms with Crippen molar-refractivity contribution in [3.8, 4) is 5.75 Å². The molecule has 0 saturated carbocycles. The number of carbonyl (C=O) groups is 2. The molecule has 0 spiro atoms. The van der Waals surface area contributed by atoms with Gasteiger partial charge in [-0.1, -0.05) is 6.07 Å². The summed E-state index contributed by atoms with van der Waals surface area (Å²) in [4.78, 5) is 23.3. The maximum atomic E-state index is 14.1. The molecule has 2 N–H and O–H groups in total. The summed E-state index contributed by atoms with van der Waals surface area (Å²) in [6.45, 7) is 0.895. The first kappa shape index (κ1) is 26.8. The van der Waals surface area contributed by atoms with Crippen LogP contribution < -0.4 is 10.1 Å². The van der Waals surface area contributed by atoms with Gasteiger partial charge in [0.1, 0.15) is 24.0 Å². The average molecular weight is 531 g/mol. The summed E-state index contributed by atoms with van der Waals surface area (Å²) in [5, 5.41) is 12.1. The zero-order chi connectivity index (χ0) is 27.6. The molecule has 0 radical (unpaired) electrons. The van der Waals surface area contributed by atoms with Gasteiger partial charge < -0.3 is 15.2 Å². The number of carboxylic acid groups (broad SMARTS) is 1. The highest BCUT2D eigenvalue weighted by atomic mass is 19.4. The maximum absolute atomic E-state index is 14.1. The highest BCUT2D eigenvalue weighted by Gasteiger charge is 2.32. The van der Waals surface area contributed by atoms with Gasteiger partial charge >= 0.3 is 12.1 Å². The second-order valence-corrected chi connectivity index (χ2v) is 8.79. The van der Waals surface area contributed by atoms with E-state index in [0.717, 1.165) is 24.3 Å². The average Bonchev–Trinajstić information content (AvgIpc) is 3.32. The van der Waals surface area contributed by atoms with E-state index in [-0.39, 0.29) is 34.7 Å². The van der Waals surface area contributed by atoms with Gasteiger partial charge in [0.25, 0.3) is 0 Å². The third-order valence-electron chi connectivity index (χ3n) is 6.16. The zero-order valence-electron chi connectivity index (χ0n) is 20.1. The molecule has 0 aromatic heterocycles. The van der Waals surface area contributed by atoms with Gasteiger partial charge in [0.15, 0.2) is 0 Å². The molecule has 0 bridgehead atoms. The van der Waals surface area contributed by atoms with Gasteiger partial charge in [0, 0.05) is 24.1 Å². The zero-order valence-corrected chi connectivity index (χ0v) is 20.1. The van der Waals surface area contributed by atoms with E-state index in [2.05, 4.69) is 5.32 Å². The van der Waals surface area contributed by atoms with Crippen LogP contribution >= 0.6 is 0 Å².